The highest BCUT2D eigenvalue weighted by Gasteiger charge is 2.20. The van der Waals surface area contributed by atoms with Crippen LogP contribution < -0.4 is 5.32 Å². The highest BCUT2D eigenvalue weighted by molar-refractivity contribution is 5.86. The summed E-state index contributed by atoms with van der Waals surface area (Å²) in [6.07, 6.45) is 2.59. The van der Waals surface area contributed by atoms with Crippen molar-refractivity contribution in [2.45, 2.75) is 25.4 Å². The average Bonchev–Trinajstić information content (AvgIpc) is 2.95. The molecule has 0 spiro atoms. The van der Waals surface area contributed by atoms with E-state index in [1.54, 1.807) is 6.07 Å². The number of phenolic OH excluding ortho intramolecular Hbond substituents is 1. The van der Waals surface area contributed by atoms with Crippen LogP contribution in [0.2, 0.25) is 0 Å². The fraction of sp³-hybridized carbons (Fsp3) is 0.333. The summed E-state index contributed by atoms with van der Waals surface area (Å²) < 4.78 is 0. The van der Waals surface area contributed by atoms with Crippen molar-refractivity contribution >= 4 is 10.9 Å². The van der Waals surface area contributed by atoms with Gasteiger partial charge in [-0.1, -0.05) is 6.07 Å². The molecule has 0 saturated heterocycles. The van der Waals surface area contributed by atoms with Gasteiger partial charge in [0.2, 0.25) is 0 Å². The predicted molar refractivity (Wildman–Crippen MR) is 59.8 cm³/mol. The highest BCUT2D eigenvalue weighted by atomic mass is 16.3. The maximum Gasteiger partial charge on any atom is 0.124 e. The second-order valence-electron chi connectivity index (χ2n) is 4.19. The van der Waals surface area contributed by atoms with Crippen LogP contribution in [0, 0.1) is 0 Å². The summed E-state index contributed by atoms with van der Waals surface area (Å²) in [6.45, 7) is 0.860. The number of nitrogens with one attached hydrogen (secondary N) is 2. The Bertz CT molecular complexity index is 485. The molecule has 3 nitrogen and oxygen atoms in total. The molecule has 0 atom stereocenters. The molecule has 3 N–H and O–H groups in total. The summed E-state index contributed by atoms with van der Waals surface area (Å²) in [5.74, 6) is 0.349. The third-order valence-electron chi connectivity index (χ3n) is 2.86. The summed E-state index contributed by atoms with van der Waals surface area (Å²) in [5.41, 5.74) is 2.14. The summed E-state index contributed by atoms with van der Waals surface area (Å²) >= 11 is 0. The Morgan fingerprint density at radius 2 is 2.27 bits per heavy atom. The van der Waals surface area contributed by atoms with Crippen molar-refractivity contribution in [1.82, 2.24) is 10.3 Å². The Hall–Kier alpha value is -1.48. The number of hydrogen-bond acceptors (Lipinski definition) is 2. The van der Waals surface area contributed by atoms with Gasteiger partial charge >= 0.3 is 0 Å². The Balaban J connectivity index is 1.88. The number of H-pyrrole nitrogens is 1. The van der Waals surface area contributed by atoms with Gasteiger partial charge in [-0.15, -0.1) is 0 Å². The van der Waals surface area contributed by atoms with Crippen LogP contribution in [0.4, 0.5) is 0 Å². The first-order valence-corrected chi connectivity index (χ1v) is 5.36. The smallest absolute Gasteiger partial charge is 0.124 e. The topological polar surface area (TPSA) is 48.0 Å². The van der Waals surface area contributed by atoms with Crippen molar-refractivity contribution in [2.75, 3.05) is 0 Å². The zero-order valence-electron chi connectivity index (χ0n) is 8.46. The van der Waals surface area contributed by atoms with E-state index < -0.39 is 0 Å². The van der Waals surface area contributed by atoms with E-state index in [0.29, 0.717) is 11.8 Å². The first kappa shape index (κ1) is 8.80. The predicted octanol–water partition coefficient (Wildman–Crippen LogP) is 2.13. The molecule has 1 aromatic carbocycles. The lowest BCUT2D eigenvalue weighted by Crippen LogP contribution is -2.15. The van der Waals surface area contributed by atoms with Crippen LogP contribution in [0.3, 0.4) is 0 Å². The molecule has 1 saturated carbocycles. The molecule has 78 valence electrons. The summed E-state index contributed by atoms with van der Waals surface area (Å²) in [5, 5.41) is 14.0. The minimum Gasteiger partial charge on any atom is -0.507 e. The van der Waals surface area contributed by atoms with Gasteiger partial charge in [0, 0.05) is 29.2 Å². The third-order valence-corrected chi connectivity index (χ3v) is 2.86. The van der Waals surface area contributed by atoms with Crippen LogP contribution in [0.1, 0.15) is 18.5 Å². The number of aromatic amines is 1. The zero-order chi connectivity index (χ0) is 10.3. The van der Waals surface area contributed by atoms with Gasteiger partial charge in [0.05, 0.1) is 0 Å². The number of aromatic nitrogens is 1. The molecule has 0 unspecified atom stereocenters. The largest absolute Gasteiger partial charge is 0.507 e. The molecule has 0 bridgehead atoms. The van der Waals surface area contributed by atoms with Crippen molar-refractivity contribution in [3.63, 3.8) is 0 Å². The maximum atomic E-state index is 9.63. The monoisotopic (exact) mass is 202 g/mol. The van der Waals surface area contributed by atoms with Gasteiger partial charge in [-0.05, 0) is 31.0 Å². The molecule has 1 aliphatic carbocycles. The van der Waals surface area contributed by atoms with Crippen LogP contribution in [0.5, 0.6) is 5.75 Å². The fourth-order valence-corrected chi connectivity index (χ4v) is 1.83. The number of hydrogen-bond donors (Lipinski definition) is 3. The average molecular weight is 202 g/mol. The van der Waals surface area contributed by atoms with Gasteiger partial charge in [-0.2, -0.15) is 0 Å². The van der Waals surface area contributed by atoms with Gasteiger partial charge < -0.3 is 15.4 Å². The van der Waals surface area contributed by atoms with Crippen LogP contribution >= 0.6 is 0 Å². The number of phenols is 1. The summed E-state index contributed by atoms with van der Waals surface area (Å²) in [4.78, 5) is 3.30. The minimum atomic E-state index is 0.349. The molecule has 15 heavy (non-hydrogen) atoms. The molecule has 2 aromatic rings. The Morgan fingerprint density at radius 1 is 1.40 bits per heavy atom. The minimum absolute atomic E-state index is 0.349. The van der Waals surface area contributed by atoms with Crippen LogP contribution in [-0.2, 0) is 6.54 Å². The molecule has 3 heteroatoms. The number of benzene rings is 1. The number of rotatable bonds is 3. The van der Waals surface area contributed by atoms with Gasteiger partial charge in [0.1, 0.15) is 5.75 Å². The second kappa shape index (κ2) is 3.28. The van der Waals surface area contributed by atoms with Crippen molar-refractivity contribution in [3.8, 4) is 5.75 Å². The second-order valence-corrected chi connectivity index (χ2v) is 4.19. The molecule has 0 radical (unpaired) electrons. The number of fused-ring (bicyclic) bond motifs is 1. The molecule has 0 aliphatic heterocycles. The van der Waals surface area contributed by atoms with Crippen molar-refractivity contribution < 1.29 is 5.11 Å². The van der Waals surface area contributed by atoms with E-state index in [9.17, 15) is 5.11 Å². The molecule has 0 amide bonds. The lowest BCUT2D eigenvalue weighted by Gasteiger charge is -1.98. The van der Waals surface area contributed by atoms with E-state index in [-0.39, 0.29) is 0 Å². The Morgan fingerprint density at radius 3 is 3.00 bits per heavy atom. The molecule has 1 aliphatic rings. The van der Waals surface area contributed by atoms with Crippen LogP contribution in [0.15, 0.2) is 24.3 Å². The molecule has 1 fully saturated rings. The van der Waals surface area contributed by atoms with Gasteiger partial charge in [0.15, 0.2) is 0 Å². The van der Waals surface area contributed by atoms with Crippen LogP contribution in [-0.4, -0.2) is 16.1 Å². The van der Waals surface area contributed by atoms with Crippen molar-refractivity contribution in [3.05, 3.63) is 30.0 Å². The fourth-order valence-electron chi connectivity index (χ4n) is 1.83. The Labute approximate surface area is 88.1 Å². The van der Waals surface area contributed by atoms with E-state index in [1.165, 1.54) is 12.8 Å². The maximum absolute atomic E-state index is 9.63. The van der Waals surface area contributed by atoms with E-state index in [0.717, 1.165) is 23.1 Å². The standard InChI is InChI=1S/C12H14N2O/c15-12-3-1-2-11-10(12)6-9(14-11)7-13-8-4-5-8/h1-3,6,8,13-15H,4-5,7H2. The quantitative estimate of drug-likeness (QED) is 0.714. The first-order valence-electron chi connectivity index (χ1n) is 5.36. The number of aromatic hydroxyl groups is 1. The van der Waals surface area contributed by atoms with Crippen molar-refractivity contribution in [1.29, 1.82) is 0 Å². The molecular weight excluding hydrogens is 188 g/mol. The SMILES string of the molecule is Oc1cccc2[nH]c(CNC3CC3)cc12. The summed E-state index contributed by atoms with van der Waals surface area (Å²) in [7, 11) is 0. The molecule has 3 rings (SSSR count). The Kier molecular flexibility index (Phi) is 1.92. The van der Waals surface area contributed by atoms with E-state index >= 15 is 0 Å². The van der Waals surface area contributed by atoms with E-state index in [1.807, 2.05) is 18.2 Å². The zero-order valence-corrected chi connectivity index (χ0v) is 8.46. The van der Waals surface area contributed by atoms with Crippen molar-refractivity contribution in [2.24, 2.45) is 0 Å². The molecule has 1 heterocycles. The highest BCUT2D eigenvalue weighted by Crippen LogP contribution is 2.25. The lowest BCUT2D eigenvalue weighted by molar-refractivity contribution is 0.481. The van der Waals surface area contributed by atoms with E-state index in [2.05, 4.69) is 10.3 Å². The van der Waals surface area contributed by atoms with Gasteiger partial charge in [-0.25, -0.2) is 0 Å². The normalized spacial score (nSPS) is 16.0. The van der Waals surface area contributed by atoms with Gasteiger partial charge in [0.25, 0.3) is 0 Å². The summed E-state index contributed by atoms with van der Waals surface area (Å²) in [6, 6.07) is 8.28. The van der Waals surface area contributed by atoms with Gasteiger partial charge in [-0.3, -0.25) is 0 Å². The first-order chi connectivity index (χ1) is 7.33. The molecular formula is C12H14N2O. The van der Waals surface area contributed by atoms with E-state index in [4.69, 9.17) is 0 Å². The lowest BCUT2D eigenvalue weighted by atomic mass is 10.2. The van der Waals surface area contributed by atoms with Crippen LogP contribution in [0.25, 0.3) is 10.9 Å². The molecule has 1 aromatic heterocycles. The third kappa shape index (κ3) is 1.70.